The largest absolute Gasteiger partial charge is 0.488 e. The van der Waals surface area contributed by atoms with Crippen LogP contribution in [-0.4, -0.2) is 56.7 Å². The van der Waals surface area contributed by atoms with E-state index in [2.05, 4.69) is 10.2 Å². The van der Waals surface area contributed by atoms with Gasteiger partial charge in [0, 0.05) is 32.7 Å². The van der Waals surface area contributed by atoms with Crippen molar-refractivity contribution in [3.8, 4) is 0 Å². The smallest absolute Gasteiger partial charge is 0.423 e. The highest BCUT2D eigenvalue weighted by Gasteiger charge is 2.27. The minimum Gasteiger partial charge on any atom is -0.423 e. The molecule has 1 fully saturated rings. The van der Waals surface area contributed by atoms with Crippen LogP contribution in [0.4, 0.5) is 3.89 Å². The molecular weight excluding hydrogens is 310 g/mol. The Balaban J connectivity index is 2.51. The lowest BCUT2D eigenvalue weighted by molar-refractivity contribution is 0.232. The first-order chi connectivity index (χ1) is 10.2. The molecule has 6 nitrogen and oxygen atoms in total. The minimum atomic E-state index is -4.94. The highest BCUT2D eigenvalue weighted by Crippen LogP contribution is 2.25. The zero-order chi connectivity index (χ0) is 16.5. The van der Waals surface area contributed by atoms with Crippen LogP contribution in [0.3, 0.4) is 0 Å². The van der Waals surface area contributed by atoms with Crippen LogP contribution in [0, 0.1) is 13.8 Å². The van der Waals surface area contributed by atoms with Crippen LogP contribution in [-0.2, 0) is 16.8 Å². The SMILES string of the molecule is Cc1c(CN2CCNCC2)cc(B(O)O)c(C)c1S(=O)(=O)F. The molecule has 3 N–H and O–H groups in total. The fraction of sp³-hybridized carbons (Fsp3) is 0.538. The fourth-order valence-corrected chi connectivity index (χ4v) is 3.85. The van der Waals surface area contributed by atoms with Gasteiger partial charge in [0.15, 0.2) is 0 Å². The van der Waals surface area contributed by atoms with Gasteiger partial charge in [-0.2, -0.15) is 8.42 Å². The number of benzene rings is 1. The molecule has 22 heavy (non-hydrogen) atoms. The van der Waals surface area contributed by atoms with E-state index in [-0.39, 0.29) is 11.0 Å². The van der Waals surface area contributed by atoms with E-state index in [9.17, 15) is 22.4 Å². The zero-order valence-electron chi connectivity index (χ0n) is 12.6. The molecule has 9 heteroatoms. The molecule has 1 heterocycles. The molecule has 0 aromatic heterocycles. The van der Waals surface area contributed by atoms with Crippen molar-refractivity contribution in [2.24, 2.45) is 0 Å². The summed E-state index contributed by atoms with van der Waals surface area (Å²) < 4.78 is 36.5. The summed E-state index contributed by atoms with van der Waals surface area (Å²) in [6, 6.07) is 1.55. The van der Waals surface area contributed by atoms with Gasteiger partial charge in [0.2, 0.25) is 0 Å². The van der Waals surface area contributed by atoms with E-state index in [1.165, 1.54) is 6.92 Å². The lowest BCUT2D eigenvalue weighted by Gasteiger charge is -2.28. The molecule has 1 saturated heterocycles. The number of rotatable bonds is 4. The molecule has 0 spiro atoms. The van der Waals surface area contributed by atoms with Crippen molar-refractivity contribution in [1.82, 2.24) is 10.2 Å². The summed E-state index contributed by atoms with van der Waals surface area (Å²) in [7, 11) is -6.78. The van der Waals surface area contributed by atoms with Crippen molar-refractivity contribution in [1.29, 1.82) is 0 Å². The second-order valence-corrected chi connectivity index (χ2v) is 6.83. The van der Waals surface area contributed by atoms with Gasteiger partial charge in [0.05, 0.1) is 0 Å². The predicted molar refractivity (Wildman–Crippen MR) is 82.2 cm³/mol. The zero-order valence-corrected chi connectivity index (χ0v) is 13.5. The maximum Gasteiger partial charge on any atom is 0.488 e. The Hall–Kier alpha value is -0.995. The standard InChI is InChI=1S/C13H20BFN2O4S/c1-9-11(8-17-5-3-16-4-6-17)7-12(14(18)19)10(2)13(9)22(15,20)21/h7,16,18-19H,3-6,8H2,1-2H3. The van der Waals surface area contributed by atoms with E-state index in [0.29, 0.717) is 17.7 Å². The summed E-state index contributed by atoms with van der Waals surface area (Å²) in [6.07, 6.45) is 0. The van der Waals surface area contributed by atoms with Gasteiger partial charge in [-0.05, 0) is 36.0 Å². The van der Waals surface area contributed by atoms with Crippen LogP contribution in [0.15, 0.2) is 11.0 Å². The molecule has 0 aliphatic carbocycles. The van der Waals surface area contributed by atoms with Gasteiger partial charge >= 0.3 is 17.3 Å². The van der Waals surface area contributed by atoms with Gasteiger partial charge in [-0.3, -0.25) is 4.90 Å². The molecule has 0 atom stereocenters. The molecule has 1 aromatic rings. The van der Waals surface area contributed by atoms with Gasteiger partial charge < -0.3 is 15.4 Å². The van der Waals surface area contributed by atoms with E-state index in [0.717, 1.165) is 26.2 Å². The fourth-order valence-electron chi connectivity index (χ4n) is 2.87. The summed E-state index contributed by atoms with van der Waals surface area (Å²) in [6.45, 7) is 6.61. The predicted octanol–water partition coefficient (Wildman–Crippen LogP) is -0.953. The molecule has 2 rings (SSSR count). The first-order valence-electron chi connectivity index (χ1n) is 7.08. The molecule has 0 bridgehead atoms. The number of hydrogen-bond donors (Lipinski definition) is 3. The van der Waals surface area contributed by atoms with E-state index in [4.69, 9.17) is 0 Å². The Kier molecular flexibility index (Phi) is 5.23. The summed E-state index contributed by atoms with van der Waals surface area (Å²) in [5.74, 6) is 0. The van der Waals surface area contributed by atoms with E-state index >= 15 is 0 Å². The van der Waals surface area contributed by atoms with Crippen LogP contribution in [0.5, 0.6) is 0 Å². The molecule has 0 saturated carbocycles. The maximum absolute atomic E-state index is 13.6. The lowest BCUT2D eigenvalue weighted by Crippen LogP contribution is -2.43. The summed E-state index contributed by atoms with van der Waals surface area (Å²) >= 11 is 0. The second-order valence-electron chi connectivity index (χ2n) is 5.54. The van der Waals surface area contributed by atoms with Gasteiger partial charge in [-0.1, -0.05) is 6.07 Å². The Morgan fingerprint density at radius 3 is 2.36 bits per heavy atom. The number of piperazine rings is 1. The van der Waals surface area contributed by atoms with E-state index in [1.807, 2.05) is 0 Å². The van der Waals surface area contributed by atoms with Crippen molar-refractivity contribution >= 4 is 22.8 Å². The van der Waals surface area contributed by atoms with Crippen LogP contribution in [0.2, 0.25) is 0 Å². The average molecular weight is 330 g/mol. The molecule has 1 aliphatic rings. The molecule has 0 unspecified atom stereocenters. The topological polar surface area (TPSA) is 89.9 Å². The van der Waals surface area contributed by atoms with Crippen molar-refractivity contribution in [3.05, 3.63) is 22.8 Å². The summed E-state index contributed by atoms with van der Waals surface area (Å²) in [4.78, 5) is 1.65. The summed E-state index contributed by atoms with van der Waals surface area (Å²) in [5, 5.41) is 22.1. The van der Waals surface area contributed by atoms with Crippen LogP contribution < -0.4 is 10.8 Å². The number of halogens is 1. The van der Waals surface area contributed by atoms with Crippen molar-refractivity contribution in [3.63, 3.8) is 0 Å². The lowest BCUT2D eigenvalue weighted by atomic mass is 9.75. The first-order valence-corrected chi connectivity index (χ1v) is 8.47. The second kappa shape index (κ2) is 6.63. The molecule has 1 aromatic carbocycles. The Bertz CT molecular complexity index is 660. The first kappa shape index (κ1) is 17.4. The molecule has 1 aliphatic heterocycles. The Morgan fingerprint density at radius 2 is 1.86 bits per heavy atom. The number of nitrogens with one attached hydrogen (secondary N) is 1. The average Bonchev–Trinajstić information content (AvgIpc) is 2.41. The molecule has 122 valence electrons. The van der Waals surface area contributed by atoms with Crippen molar-refractivity contribution in [2.45, 2.75) is 25.3 Å². The van der Waals surface area contributed by atoms with Gasteiger partial charge in [0.1, 0.15) is 4.90 Å². The van der Waals surface area contributed by atoms with Crippen molar-refractivity contribution < 1.29 is 22.4 Å². The Labute approximate surface area is 130 Å². The van der Waals surface area contributed by atoms with E-state index < -0.39 is 22.2 Å². The van der Waals surface area contributed by atoms with Gasteiger partial charge in [-0.25, -0.2) is 0 Å². The van der Waals surface area contributed by atoms with Crippen LogP contribution >= 0.6 is 0 Å². The maximum atomic E-state index is 13.6. The minimum absolute atomic E-state index is 0.0203. The monoisotopic (exact) mass is 330 g/mol. The van der Waals surface area contributed by atoms with Crippen LogP contribution in [0.1, 0.15) is 16.7 Å². The highest BCUT2D eigenvalue weighted by molar-refractivity contribution is 7.86. The normalized spacial score (nSPS) is 16.8. The highest BCUT2D eigenvalue weighted by atomic mass is 32.3. The molecular formula is C13H20BFN2O4S. The number of hydrogen-bond acceptors (Lipinski definition) is 6. The Morgan fingerprint density at radius 1 is 1.27 bits per heavy atom. The van der Waals surface area contributed by atoms with Gasteiger partial charge in [-0.15, -0.1) is 3.89 Å². The van der Waals surface area contributed by atoms with Gasteiger partial charge in [0.25, 0.3) is 0 Å². The quantitative estimate of drug-likeness (QED) is 0.487. The third-order valence-electron chi connectivity index (χ3n) is 4.05. The van der Waals surface area contributed by atoms with Crippen molar-refractivity contribution in [2.75, 3.05) is 26.2 Å². The van der Waals surface area contributed by atoms with Crippen LogP contribution in [0.25, 0.3) is 0 Å². The summed E-state index contributed by atoms with van der Waals surface area (Å²) in [5.41, 5.74) is 0.973. The molecule has 0 amide bonds. The third-order valence-corrected chi connectivity index (χ3v) is 5.15. The molecule has 0 radical (unpaired) electrons. The number of nitrogens with zero attached hydrogens (tertiary/aromatic N) is 1. The third kappa shape index (κ3) is 3.66. The van der Waals surface area contributed by atoms with E-state index in [1.54, 1.807) is 13.0 Å².